The van der Waals surface area contributed by atoms with Crippen molar-refractivity contribution in [3.8, 4) is 11.5 Å². The van der Waals surface area contributed by atoms with Crippen LogP contribution in [-0.4, -0.2) is 78.1 Å². The van der Waals surface area contributed by atoms with Crippen LogP contribution in [0.15, 0.2) is 60.8 Å². The third-order valence-corrected chi connectivity index (χ3v) is 8.55. The molecule has 8 heteroatoms. The predicted molar refractivity (Wildman–Crippen MR) is 160 cm³/mol. The third kappa shape index (κ3) is 6.54. The van der Waals surface area contributed by atoms with Crippen LogP contribution in [0.4, 0.5) is 5.95 Å². The summed E-state index contributed by atoms with van der Waals surface area (Å²) in [4.78, 5) is 29.7. The second-order valence-corrected chi connectivity index (χ2v) is 11.1. The van der Waals surface area contributed by atoms with Crippen molar-refractivity contribution in [3.05, 3.63) is 83.2 Å². The van der Waals surface area contributed by atoms with Gasteiger partial charge in [-0.15, -0.1) is 0 Å². The van der Waals surface area contributed by atoms with Crippen LogP contribution in [0.5, 0.6) is 11.5 Å². The molecule has 214 valence electrons. The fraction of sp³-hybridized carbons (Fsp3) is 0.424. The minimum atomic E-state index is 0.00137. The number of hydrogen-bond donors (Lipinski definition) is 0. The van der Waals surface area contributed by atoms with Crippen LogP contribution in [0.3, 0.4) is 0 Å². The number of ether oxygens (including phenoxy) is 2. The summed E-state index contributed by atoms with van der Waals surface area (Å²) >= 11 is 0. The van der Waals surface area contributed by atoms with Crippen LogP contribution in [0, 0.1) is 0 Å². The van der Waals surface area contributed by atoms with Crippen molar-refractivity contribution < 1.29 is 14.3 Å². The lowest BCUT2D eigenvalue weighted by atomic mass is 9.91. The number of aromatic nitrogens is 2. The molecule has 0 radical (unpaired) electrons. The highest BCUT2D eigenvalue weighted by Crippen LogP contribution is 2.30. The summed E-state index contributed by atoms with van der Waals surface area (Å²) in [5.74, 6) is 2.15. The Balaban J connectivity index is 1.03. The molecule has 0 unspecified atom stereocenters. The Bertz CT molecular complexity index is 1370. The molecule has 1 amide bonds. The van der Waals surface area contributed by atoms with E-state index >= 15 is 0 Å². The molecule has 3 aliphatic rings. The summed E-state index contributed by atoms with van der Waals surface area (Å²) in [5, 5.41) is 0. The molecule has 1 aliphatic carbocycles. The van der Waals surface area contributed by atoms with Gasteiger partial charge in [-0.3, -0.25) is 9.69 Å². The SMILES string of the molecule is COc1cc(C=CC(=O)N2CCc3cnc(N4CCN(C5CCC5)CC4)nc3CC2)ccc1OCc1ccccc1. The van der Waals surface area contributed by atoms with Gasteiger partial charge in [0, 0.05) is 64.0 Å². The van der Waals surface area contributed by atoms with Crippen molar-refractivity contribution in [3.63, 3.8) is 0 Å². The lowest BCUT2D eigenvalue weighted by Gasteiger charge is -2.43. The molecule has 1 saturated carbocycles. The van der Waals surface area contributed by atoms with Crippen LogP contribution in [0.25, 0.3) is 6.08 Å². The van der Waals surface area contributed by atoms with Gasteiger partial charge in [-0.25, -0.2) is 9.97 Å². The third-order valence-electron chi connectivity index (χ3n) is 8.55. The Hall–Kier alpha value is -3.91. The standard InChI is InChI=1S/C33H39N5O3/c1-40-31-22-25(10-12-30(31)41-24-26-6-3-2-4-7-26)11-13-32(39)37-16-14-27-23-34-33(35-29(27)15-17-37)38-20-18-36(19-21-38)28-8-5-9-28/h2-4,6-7,10-13,22-23,28H,5,8-9,14-21,24H2,1H3. The number of rotatable bonds is 8. The van der Waals surface area contributed by atoms with E-state index < -0.39 is 0 Å². The van der Waals surface area contributed by atoms with Crippen molar-refractivity contribution in [1.82, 2.24) is 19.8 Å². The van der Waals surface area contributed by atoms with E-state index in [1.54, 1.807) is 13.2 Å². The molecular formula is C33H39N5O3. The highest BCUT2D eigenvalue weighted by atomic mass is 16.5. The molecule has 0 atom stereocenters. The van der Waals surface area contributed by atoms with Gasteiger partial charge in [0.15, 0.2) is 11.5 Å². The normalized spacial score (nSPS) is 18.1. The van der Waals surface area contributed by atoms with E-state index in [4.69, 9.17) is 19.4 Å². The molecule has 8 nitrogen and oxygen atoms in total. The number of carbonyl (C=O) groups is 1. The Morgan fingerprint density at radius 2 is 1.78 bits per heavy atom. The molecule has 3 aromatic rings. The van der Waals surface area contributed by atoms with Gasteiger partial charge in [0.1, 0.15) is 6.61 Å². The Morgan fingerprint density at radius 1 is 0.976 bits per heavy atom. The van der Waals surface area contributed by atoms with Crippen LogP contribution in [-0.2, 0) is 24.2 Å². The zero-order valence-corrected chi connectivity index (χ0v) is 23.9. The topological polar surface area (TPSA) is 71.0 Å². The average Bonchev–Trinajstić information content (AvgIpc) is 3.21. The summed E-state index contributed by atoms with van der Waals surface area (Å²) in [5.41, 5.74) is 4.20. The fourth-order valence-corrected chi connectivity index (χ4v) is 5.79. The van der Waals surface area contributed by atoms with Gasteiger partial charge >= 0.3 is 0 Å². The van der Waals surface area contributed by atoms with E-state index in [9.17, 15) is 4.79 Å². The molecule has 2 aromatic carbocycles. The molecule has 0 spiro atoms. The Kier molecular flexibility index (Phi) is 8.46. The number of carbonyl (C=O) groups excluding carboxylic acids is 1. The first-order chi connectivity index (χ1) is 20.2. The first kappa shape index (κ1) is 27.3. The van der Waals surface area contributed by atoms with Gasteiger partial charge in [0.2, 0.25) is 11.9 Å². The van der Waals surface area contributed by atoms with E-state index in [-0.39, 0.29) is 5.91 Å². The monoisotopic (exact) mass is 553 g/mol. The molecule has 1 saturated heterocycles. The summed E-state index contributed by atoms with van der Waals surface area (Å²) in [6.45, 7) is 5.92. The molecule has 0 N–H and O–H groups in total. The first-order valence-corrected chi connectivity index (χ1v) is 14.8. The number of methoxy groups -OCH3 is 1. The van der Waals surface area contributed by atoms with Crippen molar-refractivity contribution in [1.29, 1.82) is 0 Å². The average molecular weight is 554 g/mol. The predicted octanol–water partition coefficient (Wildman–Crippen LogP) is 4.38. The molecule has 0 bridgehead atoms. The van der Waals surface area contributed by atoms with E-state index in [0.717, 1.165) is 73.4 Å². The second-order valence-electron chi connectivity index (χ2n) is 11.1. The summed E-state index contributed by atoms with van der Waals surface area (Å²) in [6, 6.07) is 16.5. The maximum Gasteiger partial charge on any atom is 0.246 e. The number of anilines is 1. The van der Waals surface area contributed by atoms with Gasteiger partial charge in [0.25, 0.3) is 0 Å². The maximum absolute atomic E-state index is 13.1. The van der Waals surface area contributed by atoms with Crippen molar-refractivity contribution >= 4 is 17.9 Å². The largest absolute Gasteiger partial charge is 0.493 e. The van der Waals surface area contributed by atoms with E-state index in [0.29, 0.717) is 31.2 Å². The van der Waals surface area contributed by atoms with Crippen LogP contribution < -0.4 is 14.4 Å². The van der Waals surface area contributed by atoms with Crippen molar-refractivity contribution in [2.24, 2.45) is 0 Å². The van der Waals surface area contributed by atoms with E-state index in [1.165, 1.54) is 19.3 Å². The van der Waals surface area contributed by atoms with Gasteiger partial charge in [-0.2, -0.15) is 0 Å². The van der Waals surface area contributed by atoms with Crippen molar-refractivity contribution in [2.45, 2.75) is 44.8 Å². The van der Waals surface area contributed by atoms with Gasteiger partial charge in [-0.1, -0.05) is 42.8 Å². The highest BCUT2D eigenvalue weighted by molar-refractivity contribution is 5.92. The molecular weight excluding hydrogens is 514 g/mol. The molecule has 2 aliphatic heterocycles. The molecule has 3 heterocycles. The van der Waals surface area contributed by atoms with E-state index in [1.807, 2.05) is 65.7 Å². The lowest BCUT2D eigenvalue weighted by molar-refractivity contribution is -0.125. The Labute approximate surface area is 242 Å². The number of amides is 1. The van der Waals surface area contributed by atoms with Gasteiger partial charge in [0.05, 0.1) is 12.8 Å². The zero-order valence-electron chi connectivity index (χ0n) is 23.9. The fourth-order valence-electron chi connectivity index (χ4n) is 5.79. The minimum absolute atomic E-state index is 0.00137. The van der Waals surface area contributed by atoms with E-state index in [2.05, 4.69) is 9.80 Å². The number of nitrogens with zero attached hydrogens (tertiary/aromatic N) is 5. The smallest absolute Gasteiger partial charge is 0.246 e. The molecule has 1 aromatic heterocycles. The minimum Gasteiger partial charge on any atom is -0.493 e. The van der Waals surface area contributed by atoms with Crippen LogP contribution in [0.1, 0.15) is 41.6 Å². The molecule has 41 heavy (non-hydrogen) atoms. The summed E-state index contributed by atoms with van der Waals surface area (Å²) in [7, 11) is 1.63. The van der Waals surface area contributed by atoms with Crippen molar-refractivity contribution in [2.75, 3.05) is 51.3 Å². The zero-order chi connectivity index (χ0) is 28.0. The first-order valence-electron chi connectivity index (χ1n) is 14.8. The number of hydrogen-bond acceptors (Lipinski definition) is 7. The highest BCUT2D eigenvalue weighted by Gasteiger charge is 2.29. The van der Waals surface area contributed by atoms with Gasteiger partial charge in [-0.05, 0) is 54.2 Å². The second kappa shape index (κ2) is 12.7. The lowest BCUT2D eigenvalue weighted by Crippen LogP contribution is -2.52. The Morgan fingerprint density at radius 3 is 2.54 bits per heavy atom. The van der Waals surface area contributed by atoms with Crippen LogP contribution >= 0.6 is 0 Å². The molecule has 6 rings (SSSR count). The number of piperazine rings is 1. The maximum atomic E-state index is 13.1. The summed E-state index contributed by atoms with van der Waals surface area (Å²) in [6.07, 6.45) is 11.1. The number of benzene rings is 2. The number of fused-ring (bicyclic) bond motifs is 1. The van der Waals surface area contributed by atoms with Gasteiger partial charge < -0.3 is 19.3 Å². The molecule has 2 fully saturated rings. The summed E-state index contributed by atoms with van der Waals surface area (Å²) < 4.78 is 11.5. The quantitative estimate of drug-likeness (QED) is 0.384. The van der Waals surface area contributed by atoms with Crippen LogP contribution in [0.2, 0.25) is 0 Å².